The summed E-state index contributed by atoms with van der Waals surface area (Å²) < 4.78 is 0. The number of amides is 1. The Kier molecular flexibility index (Phi) is 3.15. The fourth-order valence-corrected chi connectivity index (χ4v) is 3.56. The maximum Gasteiger partial charge on any atom is 0.228 e. The number of ketones is 1. The van der Waals surface area contributed by atoms with Crippen LogP contribution in [0.1, 0.15) is 55.5 Å². The third kappa shape index (κ3) is 2.26. The molecule has 1 atom stereocenters. The summed E-state index contributed by atoms with van der Waals surface area (Å²) in [4.78, 5) is 24.2. The van der Waals surface area contributed by atoms with Crippen LogP contribution in [-0.2, 0) is 11.2 Å². The topological polar surface area (TPSA) is 46.2 Å². The van der Waals surface area contributed by atoms with Gasteiger partial charge in [-0.2, -0.15) is 0 Å². The van der Waals surface area contributed by atoms with E-state index in [1.165, 1.54) is 6.42 Å². The van der Waals surface area contributed by atoms with Gasteiger partial charge in [-0.15, -0.1) is 0 Å². The Hall–Kier alpha value is -1.64. The van der Waals surface area contributed by atoms with Gasteiger partial charge in [0.15, 0.2) is 5.78 Å². The van der Waals surface area contributed by atoms with Gasteiger partial charge in [-0.25, -0.2) is 0 Å². The molecule has 3 heteroatoms. The Morgan fingerprint density at radius 1 is 1.30 bits per heavy atom. The lowest BCUT2D eigenvalue weighted by Crippen LogP contribution is -2.34. The molecule has 1 aromatic rings. The van der Waals surface area contributed by atoms with Crippen molar-refractivity contribution in [1.29, 1.82) is 0 Å². The van der Waals surface area contributed by atoms with Gasteiger partial charge in [-0.3, -0.25) is 9.59 Å². The first-order valence-electron chi connectivity index (χ1n) is 7.44. The number of Topliss-reactive ketones (excluding diaryl/α,β-unsaturated/α-hetero) is 1. The van der Waals surface area contributed by atoms with Crippen LogP contribution in [0.2, 0.25) is 0 Å². The average molecular weight is 271 g/mol. The molecule has 0 spiro atoms. The molecule has 3 rings (SSSR count). The van der Waals surface area contributed by atoms with Gasteiger partial charge in [-0.1, -0.05) is 26.7 Å². The van der Waals surface area contributed by atoms with E-state index in [4.69, 9.17) is 0 Å². The Morgan fingerprint density at radius 3 is 2.85 bits per heavy atom. The van der Waals surface area contributed by atoms with Crippen molar-refractivity contribution >= 4 is 17.4 Å². The number of carbonyl (C=O) groups is 2. The summed E-state index contributed by atoms with van der Waals surface area (Å²) >= 11 is 0. The van der Waals surface area contributed by atoms with Crippen LogP contribution in [0.15, 0.2) is 18.2 Å². The third-order valence-corrected chi connectivity index (χ3v) is 4.84. The van der Waals surface area contributed by atoms with E-state index >= 15 is 0 Å². The molecule has 0 radical (unpaired) electrons. The highest BCUT2D eigenvalue weighted by atomic mass is 16.1. The van der Waals surface area contributed by atoms with Gasteiger partial charge in [0.25, 0.3) is 0 Å². The average Bonchev–Trinajstić information content (AvgIpc) is 2.76. The molecule has 1 heterocycles. The van der Waals surface area contributed by atoms with Crippen molar-refractivity contribution in [3.8, 4) is 0 Å². The summed E-state index contributed by atoms with van der Waals surface area (Å²) in [6, 6.07) is 5.63. The van der Waals surface area contributed by atoms with Crippen molar-refractivity contribution in [3.63, 3.8) is 0 Å². The molecule has 1 aliphatic carbocycles. The van der Waals surface area contributed by atoms with E-state index in [9.17, 15) is 9.59 Å². The molecule has 1 aliphatic heterocycles. The molecule has 1 aromatic carbocycles. The fraction of sp³-hybridized carbons (Fsp3) is 0.529. The quantitative estimate of drug-likeness (QED) is 0.836. The highest BCUT2D eigenvalue weighted by molar-refractivity contribution is 6.03. The SMILES string of the molecule is CC1(C)CCCCC1C(=O)c1ccc2c(c1)CC(=O)N2. The Bertz CT molecular complexity index is 574. The molecular weight excluding hydrogens is 250 g/mol. The monoisotopic (exact) mass is 271 g/mol. The lowest BCUT2D eigenvalue weighted by Gasteiger charge is -2.37. The zero-order valence-corrected chi connectivity index (χ0v) is 12.2. The maximum atomic E-state index is 12.8. The van der Waals surface area contributed by atoms with E-state index < -0.39 is 0 Å². The van der Waals surface area contributed by atoms with Crippen molar-refractivity contribution in [1.82, 2.24) is 0 Å². The van der Waals surface area contributed by atoms with Crippen LogP contribution in [-0.4, -0.2) is 11.7 Å². The fourth-order valence-electron chi connectivity index (χ4n) is 3.56. The third-order valence-electron chi connectivity index (χ3n) is 4.84. The largest absolute Gasteiger partial charge is 0.326 e. The number of fused-ring (bicyclic) bond motifs is 1. The molecular formula is C17H21NO2. The summed E-state index contributed by atoms with van der Waals surface area (Å²) in [5.41, 5.74) is 2.66. The molecule has 1 N–H and O–H groups in total. The second-order valence-electron chi connectivity index (χ2n) is 6.75. The van der Waals surface area contributed by atoms with E-state index in [2.05, 4.69) is 19.2 Å². The molecule has 20 heavy (non-hydrogen) atoms. The molecule has 2 aliphatic rings. The predicted molar refractivity (Wildman–Crippen MR) is 78.8 cm³/mol. The number of carbonyl (C=O) groups excluding carboxylic acids is 2. The normalized spacial score (nSPS) is 24.1. The van der Waals surface area contributed by atoms with Crippen LogP contribution >= 0.6 is 0 Å². The number of hydrogen-bond donors (Lipinski definition) is 1. The van der Waals surface area contributed by atoms with Crippen LogP contribution < -0.4 is 5.32 Å². The molecule has 1 unspecified atom stereocenters. The number of hydrogen-bond acceptors (Lipinski definition) is 2. The molecule has 106 valence electrons. The van der Waals surface area contributed by atoms with Crippen molar-refractivity contribution < 1.29 is 9.59 Å². The van der Waals surface area contributed by atoms with Gasteiger partial charge < -0.3 is 5.32 Å². The Balaban J connectivity index is 1.88. The molecule has 0 saturated heterocycles. The minimum absolute atomic E-state index is 0.0163. The lowest BCUT2D eigenvalue weighted by molar-refractivity contribution is -0.115. The van der Waals surface area contributed by atoms with Gasteiger partial charge in [-0.05, 0) is 42.0 Å². The van der Waals surface area contributed by atoms with Gasteiger partial charge in [0.05, 0.1) is 6.42 Å². The van der Waals surface area contributed by atoms with Gasteiger partial charge in [0.1, 0.15) is 0 Å². The van der Waals surface area contributed by atoms with Crippen molar-refractivity contribution in [2.45, 2.75) is 46.0 Å². The zero-order valence-electron chi connectivity index (χ0n) is 12.2. The van der Waals surface area contributed by atoms with E-state index in [-0.39, 0.29) is 23.0 Å². The lowest BCUT2D eigenvalue weighted by atomic mass is 9.66. The van der Waals surface area contributed by atoms with Crippen molar-refractivity contribution in [3.05, 3.63) is 29.3 Å². The van der Waals surface area contributed by atoms with E-state index in [0.29, 0.717) is 6.42 Å². The Morgan fingerprint density at radius 2 is 2.10 bits per heavy atom. The van der Waals surface area contributed by atoms with E-state index in [0.717, 1.165) is 36.1 Å². The van der Waals surface area contributed by atoms with Crippen LogP contribution in [0.3, 0.4) is 0 Å². The summed E-state index contributed by atoms with van der Waals surface area (Å²) in [6.45, 7) is 4.40. The first kappa shape index (κ1) is 13.3. The minimum Gasteiger partial charge on any atom is -0.326 e. The smallest absolute Gasteiger partial charge is 0.228 e. The maximum absolute atomic E-state index is 12.8. The molecule has 1 saturated carbocycles. The first-order chi connectivity index (χ1) is 9.47. The van der Waals surface area contributed by atoms with E-state index in [1.807, 2.05) is 18.2 Å². The van der Waals surface area contributed by atoms with Crippen molar-refractivity contribution in [2.75, 3.05) is 5.32 Å². The minimum atomic E-state index is 0.0163. The zero-order chi connectivity index (χ0) is 14.3. The van der Waals surface area contributed by atoms with Gasteiger partial charge in [0, 0.05) is 17.2 Å². The second-order valence-corrected chi connectivity index (χ2v) is 6.75. The molecule has 3 nitrogen and oxygen atoms in total. The molecule has 0 bridgehead atoms. The van der Waals surface area contributed by atoms with Crippen LogP contribution in [0, 0.1) is 11.3 Å². The van der Waals surface area contributed by atoms with Crippen molar-refractivity contribution in [2.24, 2.45) is 11.3 Å². The highest BCUT2D eigenvalue weighted by Gasteiger charge is 2.37. The number of benzene rings is 1. The molecule has 1 amide bonds. The number of anilines is 1. The van der Waals surface area contributed by atoms with Crippen LogP contribution in [0.4, 0.5) is 5.69 Å². The second kappa shape index (κ2) is 4.72. The summed E-state index contributed by atoms with van der Waals surface area (Å²) in [6.07, 6.45) is 4.86. The number of nitrogens with one attached hydrogen (secondary N) is 1. The summed E-state index contributed by atoms with van der Waals surface area (Å²) in [5.74, 6) is 0.374. The van der Waals surface area contributed by atoms with Gasteiger partial charge in [0.2, 0.25) is 5.91 Å². The summed E-state index contributed by atoms with van der Waals surface area (Å²) in [5, 5.41) is 2.81. The number of rotatable bonds is 2. The predicted octanol–water partition coefficient (Wildman–Crippen LogP) is 3.58. The van der Waals surface area contributed by atoms with Gasteiger partial charge >= 0.3 is 0 Å². The Labute approximate surface area is 119 Å². The standard InChI is InChI=1S/C17H21NO2/c1-17(2)8-4-3-5-13(17)16(20)11-6-7-14-12(9-11)10-15(19)18-14/h6-7,9,13H,3-5,8,10H2,1-2H3,(H,18,19). The highest BCUT2D eigenvalue weighted by Crippen LogP contribution is 2.42. The van der Waals surface area contributed by atoms with E-state index in [1.54, 1.807) is 0 Å². The molecule has 0 aromatic heterocycles. The van der Waals surface area contributed by atoms with Crippen LogP contribution in [0.5, 0.6) is 0 Å². The molecule has 1 fully saturated rings. The van der Waals surface area contributed by atoms with Crippen LogP contribution in [0.25, 0.3) is 0 Å². The first-order valence-corrected chi connectivity index (χ1v) is 7.44. The summed E-state index contributed by atoms with van der Waals surface area (Å²) in [7, 11) is 0.